The third-order valence-corrected chi connectivity index (χ3v) is 4.04. The van der Waals surface area contributed by atoms with Crippen LogP contribution in [0.15, 0.2) is 59.7 Å². The summed E-state index contributed by atoms with van der Waals surface area (Å²) in [7, 11) is 0. The fraction of sp³-hybridized carbons (Fsp3) is 0.286. The molecule has 0 spiro atoms. The standard InChI is InChI=1S/C21H24O2/c1-15(7-4-8-16(2)14-20(22)23)13-19-12-6-11-18-10-5-9-17(3)21(18)19/h4-5,7-10,13-14H,6,11-12H2,1-3H3,(H,22,23)/b8-4+,15-7+,16-14+,19-13+. The van der Waals surface area contributed by atoms with E-state index in [2.05, 4.69) is 38.1 Å². The van der Waals surface area contributed by atoms with Gasteiger partial charge < -0.3 is 5.11 Å². The van der Waals surface area contributed by atoms with E-state index in [1.807, 2.05) is 18.2 Å². The number of rotatable bonds is 4. The van der Waals surface area contributed by atoms with Gasteiger partial charge in [-0.3, -0.25) is 0 Å². The smallest absolute Gasteiger partial charge is 0.328 e. The molecule has 1 aromatic rings. The first-order valence-corrected chi connectivity index (χ1v) is 8.03. The number of benzene rings is 1. The molecule has 0 radical (unpaired) electrons. The van der Waals surface area contributed by atoms with Crippen molar-refractivity contribution in [1.82, 2.24) is 0 Å². The first-order valence-electron chi connectivity index (χ1n) is 8.03. The second kappa shape index (κ2) is 7.77. The van der Waals surface area contributed by atoms with Crippen LogP contribution in [-0.2, 0) is 11.2 Å². The van der Waals surface area contributed by atoms with Crippen LogP contribution in [0.4, 0.5) is 0 Å². The van der Waals surface area contributed by atoms with Crippen molar-refractivity contribution in [2.24, 2.45) is 0 Å². The van der Waals surface area contributed by atoms with Crippen molar-refractivity contribution < 1.29 is 9.90 Å². The lowest BCUT2D eigenvalue weighted by molar-refractivity contribution is -0.131. The molecule has 0 aromatic heterocycles. The maximum Gasteiger partial charge on any atom is 0.328 e. The van der Waals surface area contributed by atoms with Crippen LogP contribution in [0.5, 0.6) is 0 Å². The number of fused-ring (bicyclic) bond motifs is 1. The van der Waals surface area contributed by atoms with Gasteiger partial charge in [-0.15, -0.1) is 0 Å². The Morgan fingerprint density at radius 3 is 2.70 bits per heavy atom. The monoisotopic (exact) mass is 308 g/mol. The SMILES string of the molecule is CC(=C\C=C\C(C)=C\C(=O)O)/C=C1\CCCc2cccc(C)c21. The van der Waals surface area contributed by atoms with Gasteiger partial charge in [0.2, 0.25) is 0 Å². The molecule has 1 N–H and O–H groups in total. The molecule has 0 saturated carbocycles. The van der Waals surface area contributed by atoms with Crippen molar-refractivity contribution >= 4 is 11.5 Å². The van der Waals surface area contributed by atoms with Crippen LogP contribution in [0.3, 0.4) is 0 Å². The predicted molar refractivity (Wildman–Crippen MR) is 96.4 cm³/mol. The molecule has 0 heterocycles. The molecule has 2 heteroatoms. The Morgan fingerprint density at radius 1 is 1.17 bits per heavy atom. The first-order chi connectivity index (χ1) is 11.0. The van der Waals surface area contributed by atoms with Gasteiger partial charge in [-0.1, -0.05) is 48.1 Å². The van der Waals surface area contributed by atoms with Crippen LogP contribution in [0.2, 0.25) is 0 Å². The minimum Gasteiger partial charge on any atom is -0.478 e. The molecule has 2 nitrogen and oxygen atoms in total. The van der Waals surface area contributed by atoms with Gasteiger partial charge in [0.1, 0.15) is 0 Å². The first kappa shape index (κ1) is 17.0. The molecule has 0 saturated heterocycles. The van der Waals surface area contributed by atoms with Gasteiger partial charge in [-0.05, 0) is 67.9 Å². The van der Waals surface area contributed by atoms with E-state index in [1.54, 1.807) is 6.92 Å². The molecule has 120 valence electrons. The summed E-state index contributed by atoms with van der Waals surface area (Å²) >= 11 is 0. The highest BCUT2D eigenvalue weighted by Gasteiger charge is 2.15. The van der Waals surface area contributed by atoms with E-state index in [9.17, 15) is 4.79 Å². The highest BCUT2D eigenvalue weighted by atomic mass is 16.4. The molecular weight excluding hydrogens is 284 g/mol. The molecule has 0 amide bonds. The average molecular weight is 308 g/mol. The summed E-state index contributed by atoms with van der Waals surface area (Å²) in [6.45, 7) is 6.05. The van der Waals surface area contributed by atoms with Gasteiger partial charge in [0.15, 0.2) is 0 Å². The number of allylic oxidation sites excluding steroid dienone is 7. The average Bonchev–Trinajstić information content (AvgIpc) is 2.46. The normalized spacial score (nSPS) is 17.6. The van der Waals surface area contributed by atoms with Crippen molar-refractivity contribution in [3.05, 3.63) is 76.4 Å². The van der Waals surface area contributed by atoms with Gasteiger partial charge in [0, 0.05) is 6.08 Å². The van der Waals surface area contributed by atoms with E-state index >= 15 is 0 Å². The Balaban J connectivity index is 2.21. The third-order valence-electron chi connectivity index (χ3n) is 4.04. The molecule has 0 atom stereocenters. The molecule has 0 unspecified atom stereocenters. The zero-order valence-electron chi connectivity index (χ0n) is 14.1. The minimum atomic E-state index is -0.913. The highest BCUT2D eigenvalue weighted by Crippen LogP contribution is 2.33. The van der Waals surface area contributed by atoms with Crippen LogP contribution < -0.4 is 0 Å². The number of aryl methyl sites for hydroxylation is 2. The fourth-order valence-electron chi connectivity index (χ4n) is 3.05. The topological polar surface area (TPSA) is 37.3 Å². The van der Waals surface area contributed by atoms with Crippen molar-refractivity contribution in [3.8, 4) is 0 Å². The summed E-state index contributed by atoms with van der Waals surface area (Å²) in [5, 5.41) is 8.69. The number of carbonyl (C=O) groups is 1. The van der Waals surface area contributed by atoms with Gasteiger partial charge in [0.05, 0.1) is 0 Å². The van der Waals surface area contributed by atoms with Gasteiger partial charge >= 0.3 is 5.97 Å². The number of hydrogen-bond donors (Lipinski definition) is 1. The minimum absolute atomic E-state index is 0.730. The fourth-order valence-corrected chi connectivity index (χ4v) is 3.05. The number of hydrogen-bond acceptors (Lipinski definition) is 1. The Bertz CT molecular complexity index is 715. The lowest BCUT2D eigenvalue weighted by atomic mass is 9.84. The van der Waals surface area contributed by atoms with Gasteiger partial charge in [-0.2, -0.15) is 0 Å². The second-order valence-corrected chi connectivity index (χ2v) is 6.13. The van der Waals surface area contributed by atoms with Gasteiger partial charge in [-0.25, -0.2) is 4.79 Å². The molecular formula is C21H24O2. The van der Waals surface area contributed by atoms with Crippen LogP contribution in [-0.4, -0.2) is 11.1 Å². The molecule has 1 aliphatic rings. The number of aliphatic carboxylic acids is 1. The Labute approximate surface area is 138 Å². The van der Waals surface area contributed by atoms with Crippen LogP contribution in [0, 0.1) is 6.92 Å². The third kappa shape index (κ3) is 4.82. The number of carboxylic acids is 1. The Kier molecular flexibility index (Phi) is 5.75. The van der Waals surface area contributed by atoms with Crippen molar-refractivity contribution in [1.29, 1.82) is 0 Å². The molecule has 0 aliphatic heterocycles. The highest BCUT2D eigenvalue weighted by molar-refractivity contribution is 5.81. The zero-order chi connectivity index (χ0) is 16.8. The van der Waals surface area contributed by atoms with Crippen molar-refractivity contribution in [2.45, 2.75) is 40.0 Å². The van der Waals surface area contributed by atoms with E-state index in [1.165, 1.54) is 40.3 Å². The molecule has 23 heavy (non-hydrogen) atoms. The lowest BCUT2D eigenvalue weighted by Gasteiger charge is -2.21. The maximum absolute atomic E-state index is 10.6. The Morgan fingerprint density at radius 2 is 1.96 bits per heavy atom. The van der Waals surface area contributed by atoms with Crippen LogP contribution in [0.25, 0.3) is 5.57 Å². The van der Waals surface area contributed by atoms with E-state index < -0.39 is 5.97 Å². The summed E-state index contributed by atoms with van der Waals surface area (Å²) in [6.07, 6.45) is 12.7. The molecule has 2 rings (SSSR count). The largest absolute Gasteiger partial charge is 0.478 e. The quantitative estimate of drug-likeness (QED) is 0.609. The van der Waals surface area contributed by atoms with E-state index in [0.717, 1.165) is 18.4 Å². The summed E-state index contributed by atoms with van der Waals surface area (Å²) in [4.78, 5) is 10.6. The van der Waals surface area contributed by atoms with Gasteiger partial charge in [0.25, 0.3) is 0 Å². The summed E-state index contributed by atoms with van der Waals surface area (Å²) in [5.74, 6) is -0.913. The van der Waals surface area contributed by atoms with E-state index in [4.69, 9.17) is 5.11 Å². The molecule has 1 aliphatic carbocycles. The van der Waals surface area contributed by atoms with E-state index in [0.29, 0.717) is 0 Å². The van der Waals surface area contributed by atoms with Crippen LogP contribution in [0.1, 0.15) is 43.4 Å². The predicted octanol–water partition coefficient (Wildman–Crippen LogP) is 5.25. The lowest BCUT2D eigenvalue weighted by Crippen LogP contribution is -2.03. The maximum atomic E-state index is 10.6. The number of carboxylic acid groups (broad SMARTS) is 1. The zero-order valence-corrected chi connectivity index (χ0v) is 14.1. The van der Waals surface area contributed by atoms with Crippen molar-refractivity contribution in [3.63, 3.8) is 0 Å². The van der Waals surface area contributed by atoms with Crippen LogP contribution >= 0.6 is 0 Å². The molecule has 1 aromatic carbocycles. The molecule has 0 bridgehead atoms. The second-order valence-electron chi connectivity index (χ2n) is 6.13. The summed E-state index contributed by atoms with van der Waals surface area (Å²) in [5.41, 5.74) is 7.52. The van der Waals surface area contributed by atoms with E-state index in [-0.39, 0.29) is 0 Å². The summed E-state index contributed by atoms with van der Waals surface area (Å²) in [6, 6.07) is 6.55. The summed E-state index contributed by atoms with van der Waals surface area (Å²) < 4.78 is 0. The van der Waals surface area contributed by atoms with Crippen molar-refractivity contribution in [2.75, 3.05) is 0 Å². The molecule has 0 fully saturated rings. The Hall–Kier alpha value is -2.35.